The van der Waals surface area contributed by atoms with Crippen LogP contribution in [0.3, 0.4) is 0 Å². The maximum atomic E-state index is 12.9. The van der Waals surface area contributed by atoms with Crippen molar-refractivity contribution in [3.63, 3.8) is 0 Å². The Morgan fingerprint density at radius 2 is 1.62 bits per heavy atom. The van der Waals surface area contributed by atoms with Gasteiger partial charge in [0.15, 0.2) is 11.5 Å². The number of para-hydroxylation sites is 1. The van der Waals surface area contributed by atoms with Crippen LogP contribution in [-0.2, 0) is 0 Å². The zero-order chi connectivity index (χ0) is 20.1. The summed E-state index contributed by atoms with van der Waals surface area (Å²) >= 11 is 0. The Hall–Kier alpha value is -3.27. The number of methoxy groups -OCH3 is 1. The predicted molar refractivity (Wildman–Crippen MR) is 116 cm³/mol. The summed E-state index contributed by atoms with van der Waals surface area (Å²) in [5.41, 5.74) is 3.34. The van der Waals surface area contributed by atoms with Crippen molar-refractivity contribution in [3.05, 3.63) is 78.4 Å². The third kappa shape index (κ3) is 4.43. The van der Waals surface area contributed by atoms with E-state index in [9.17, 15) is 4.79 Å². The van der Waals surface area contributed by atoms with Gasteiger partial charge in [-0.05, 0) is 55.5 Å². The number of ether oxygens (including phenoxy) is 2. The van der Waals surface area contributed by atoms with E-state index in [-0.39, 0.29) is 12.0 Å². The van der Waals surface area contributed by atoms with Crippen molar-refractivity contribution in [2.75, 3.05) is 12.4 Å². The molecule has 0 atom stereocenters. The molecule has 3 aromatic carbocycles. The summed E-state index contributed by atoms with van der Waals surface area (Å²) < 4.78 is 11.6. The van der Waals surface area contributed by atoms with Gasteiger partial charge in [-0.15, -0.1) is 0 Å². The van der Waals surface area contributed by atoms with E-state index in [0.717, 1.165) is 29.7 Å². The van der Waals surface area contributed by atoms with Crippen LogP contribution in [0.2, 0.25) is 0 Å². The number of hydrogen-bond donors (Lipinski definition) is 1. The predicted octanol–water partition coefficient (Wildman–Crippen LogP) is 5.94. The third-order valence-corrected chi connectivity index (χ3v) is 5.28. The molecule has 0 aliphatic heterocycles. The van der Waals surface area contributed by atoms with E-state index in [4.69, 9.17) is 9.47 Å². The first-order valence-electron chi connectivity index (χ1n) is 10.0. The van der Waals surface area contributed by atoms with Gasteiger partial charge in [-0.1, -0.05) is 48.5 Å². The first-order valence-corrected chi connectivity index (χ1v) is 10.0. The number of rotatable bonds is 6. The molecule has 1 saturated carbocycles. The smallest absolute Gasteiger partial charge is 0.255 e. The summed E-state index contributed by atoms with van der Waals surface area (Å²) in [6.45, 7) is 0. The molecule has 0 aromatic heterocycles. The Morgan fingerprint density at radius 1 is 0.897 bits per heavy atom. The van der Waals surface area contributed by atoms with Crippen molar-refractivity contribution < 1.29 is 14.3 Å². The second-order valence-electron chi connectivity index (χ2n) is 7.26. The van der Waals surface area contributed by atoms with Crippen molar-refractivity contribution in [3.8, 4) is 22.6 Å². The largest absolute Gasteiger partial charge is 0.493 e. The first-order chi connectivity index (χ1) is 14.2. The van der Waals surface area contributed by atoms with Crippen molar-refractivity contribution in [2.45, 2.75) is 31.8 Å². The van der Waals surface area contributed by atoms with Crippen LogP contribution in [0, 0.1) is 0 Å². The van der Waals surface area contributed by atoms with Crippen LogP contribution in [0.5, 0.6) is 11.5 Å². The van der Waals surface area contributed by atoms with Crippen molar-refractivity contribution in [1.29, 1.82) is 0 Å². The van der Waals surface area contributed by atoms with E-state index < -0.39 is 0 Å². The normalized spacial score (nSPS) is 13.8. The molecule has 148 valence electrons. The average Bonchev–Trinajstić information content (AvgIpc) is 3.28. The monoisotopic (exact) mass is 387 g/mol. The Kier molecular flexibility index (Phi) is 5.80. The van der Waals surface area contributed by atoms with Gasteiger partial charge in [0.1, 0.15) is 0 Å². The molecule has 0 unspecified atom stereocenters. The summed E-state index contributed by atoms with van der Waals surface area (Å²) in [6.07, 6.45) is 4.78. The minimum atomic E-state index is -0.181. The molecule has 3 aromatic rings. The highest BCUT2D eigenvalue weighted by Crippen LogP contribution is 2.33. The van der Waals surface area contributed by atoms with Crippen LogP contribution in [0.1, 0.15) is 36.0 Å². The Morgan fingerprint density at radius 3 is 2.38 bits per heavy atom. The van der Waals surface area contributed by atoms with Crippen LogP contribution < -0.4 is 14.8 Å². The quantitative estimate of drug-likeness (QED) is 0.570. The third-order valence-electron chi connectivity index (χ3n) is 5.28. The molecular formula is C25H25NO3. The van der Waals surface area contributed by atoms with E-state index in [1.165, 1.54) is 12.8 Å². The van der Waals surface area contributed by atoms with E-state index >= 15 is 0 Å². The number of benzene rings is 3. The number of anilines is 1. The zero-order valence-electron chi connectivity index (χ0n) is 16.6. The molecule has 0 spiro atoms. The molecule has 1 fully saturated rings. The minimum Gasteiger partial charge on any atom is -0.493 e. The van der Waals surface area contributed by atoms with Crippen LogP contribution in [0.25, 0.3) is 11.1 Å². The van der Waals surface area contributed by atoms with Crippen molar-refractivity contribution in [1.82, 2.24) is 0 Å². The summed E-state index contributed by atoms with van der Waals surface area (Å²) in [6, 6.07) is 23.2. The van der Waals surface area contributed by atoms with Crippen LogP contribution in [0.15, 0.2) is 72.8 Å². The number of carbonyl (C=O) groups excluding carboxylic acids is 1. The van der Waals surface area contributed by atoms with E-state index in [2.05, 4.69) is 5.32 Å². The Balaban J connectivity index is 1.55. The maximum absolute atomic E-state index is 12.9. The maximum Gasteiger partial charge on any atom is 0.255 e. The Bertz CT molecular complexity index is 978. The minimum absolute atomic E-state index is 0.181. The zero-order valence-corrected chi connectivity index (χ0v) is 16.6. The lowest BCUT2D eigenvalue weighted by atomic mass is 10.0. The summed E-state index contributed by atoms with van der Waals surface area (Å²) in [7, 11) is 1.60. The lowest BCUT2D eigenvalue weighted by Gasteiger charge is -2.17. The standard InChI is InChI=1S/C25H25NO3/c1-28-24-17-19(15-16-23(24)29-20-11-5-6-12-20)25(27)26-22-14-8-7-13-21(22)18-9-3-2-4-10-18/h2-4,7-10,13-17,20H,5-6,11-12H2,1H3,(H,26,27). The molecular weight excluding hydrogens is 362 g/mol. The first kappa shape index (κ1) is 19.1. The number of nitrogens with one attached hydrogen (secondary N) is 1. The van der Waals surface area contributed by atoms with Crippen LogP contribution >= 0.6 is 0 Å². The second-order valence-corrected chi connectivity index (χ2v) is 7.26. The van der Waals surface area contributed by atoms with Gasteiger partial charge in [0.2, 0.25) is 0 Å². The van der Waals surface area contributed by atoms with Gasteiger partial charge in [0, 0.05) is 16.8 Å². The Labute approximate surface area is 171 Å². The van der Waals surface area contributed by atoms with Crippen LogP contribution in [0.4, 0.5) is 5.69 Å². The highest BCUT2D eigenvalue weighted by atomic mass is 16.5. The van der Waals surface area contributed by atoms with Gasteiger partial charge in [0.05, 0.1) is 13.2 Å². The fourth-order valence-corrected chi connectivity index (χ4v) is 3.75. The van der Waals surface area contributed by atoms with E-state index in [1.807, 2.05) is 60.7 Å². The molecule has 4 nitrogen and oxygen atoms in total. The molecule has 1 aliphatic rings. The molecule has 1 N–H and O–H groups in total. The topological polar surface area (TPSA) is 47.6 Å². The van der Waals surface area contributed by atoms with Crippen molar-refractivity contribution in [2.24, 2.45) is 0 Å². The lowest BCUT2D eigenvalue weighted by molar-refractivity contribution is 0.102. The SMILES string of the molecule is COc1cc(C(=O)Nc2ccccc2-c2ccccc2)ccc1OC1CCCC1. The molecule has 1 amide bonds. The highest BCUT2D eigenvalue weighted by molar-refractivity contribution is 6.06. The number of amides is 1. The fraction of sp³-hybridized carbons (Fsp3) is 0.240. The average molecular weight is 387 g/mol. The molecule has 0 heterocycles. The second kappa shape index (κ2) is 8.82. The van der Waals surface area contributed by atoms with Gasteiger partial charge in [-0.25, -0.2) is 0 Å². The lowest BCUT2D eigenvalue weighted by Crippen LogP contribution is -2.14. The molecule has 4 heteroatoms. The molecule has 0 radical (unpaired) electrons. The van der Waals surface area contributed by atoms with Crippen LogP contribution in [-0.4, -0.2) is 19.1 Å². The highest BCUT2D eigenvalue weighted by Gasteiger charge is 2.19. The molecule has 0 saturated heterocycles. The summed E-state index contributed by atoms with van der Waals surface area (Å²) in [5, 5.41) is 3.03. The summed E-state index contributed by atoms with van der Waals surface area (Å²) in [4.78, 5) is 12.9. The van der Waals surface area contributed by atoms with E-state index in [1.54, 1.807) is 19.2 Å². The fourth-order valence-electron chi connectivity index (χ4n) is 3.75. The van der Waals surface area contributed by atoms with Gasteiger partial charge in [-0.2, -0.15) is 0 Å². The van der Waals surface area contributed by atoms with E-state index in [0.29, 0.717) is 17.1 Å². The van der Waals surface area contributed by atoms with Gasteiger partial charge < -0.3 is 14.8 Å². The number of carbonyl (C=O) groups is 1. The molecule has 29 heavy (non-hydrogen) atoms. The molecule has 0 bridgehead atoms. The molecule has 4 rings (SSSR count). The van der Waals surface area contributed by atoms with Gasteiger partial charge in [-0.3, -0.25) is 4.79 Å². The number of hydrogen-bond acceptors (Lipinski definition) is 3. The summed E-state index contributed by atoms with van der Waals surface area (Å²) in [5.74, 6) is 1.10. The van der Waals surface area contributed by atoms with Gasteiger partial charge in [0.25, 0.3) is 5.91 Å². The van der Waals surface area contributed by atoms with Gasteiger partial charge >= 0.3 is 0 Å². The van der Waals surface area contributed by atoms with Crippen molar-refractivity contribution >= 4 is 11.6 Å². The molecule has 1 aliphatic carbocycles.